The quantitative estimate of drug-likeness (QED) is 0.714. The SMILES string of the molecule is Cc1cc2c(c3c1C(=O)OC(C)(C)O3)C[C@H]1C(C)(C)[C@@H](O)CC[C@]1(C)O2. The number of fused-ring (bicyclic) bond motifs is 4. The Labute approximate surface area is 154 Å². The number of aliphatic hydroxyl groups is 1. The largest absolute Gasteiger partial charge is 0.487 e. The van der Waals surface area contributed by atoms with Gasteiger partial charge in [-0.2, -0.15) is 0 Å². The highest BCUT2D eigenvalue weighted by atomic mass is 16.7. The average molecular weight is 360 g/mol. The topological polar surface area (TPSA) is 65.0 Å². The van der Waals surface area contributed by atoms with Crippen LogP contribution in [-0.4, -0.2) is 28.6 Å². The van der Waals surface area contributed by atoms with Crippen LogP contribution in [0.1, 0.15) is 68.9 Å². The zero-order valence-corrected chi connectivity index (χ0v) is 16.4. The summed E-state index contributed by atoms with van der Waals surface area (Å²) < 4.78 is 18.0. The van der Waals surface area contributed by atoms with Crippen LogP contribution in [0.5, 0.6) is 11.5 Å². The summed E-state index contributed by atoms with van der Waals surface area (Å²) in [5.74, 6) is 0.140. The van der Waals surface area contributed by atoms with E-state index in [1.807, 2.05) is 13.0 Å². The number of aliphatic hydroxyl groups excluding tert-OH is 1. The molecular weight excluding hydrogens is 332 g/mol. The van der Waals surface area contributed by atoms with Crippen molar-refractivity contribution in [3.8, 4) is 11.5 Å². The van der Waals surface area contributed by atoms with Gasteiger partial charge in [-0.3, -0.25) is 0 Å². The molecule has 0 spiro atoms. The van der Waals surface area contributed by atoms with E-state index in [1.54, 1.807) is 13.8 Å². The fourth-order valence-electron chi connectivity index (χ4n) is 5.03. The van der Waals surface area contributed by atoms with Gasteiger partial charge >= 0.3 is 5.97 Å². The molecule has 1 saturated carbocycles. The fraction of sp³-hybridized carbons (Fsp3) is 0.667. The molecule has 5 nitrogen and oxygen atoms in total. The molecule has 1 aromatic rings. The van der Waals surface area contributed by atoms with Gasteiger partial charge in [-0.05, 0) is 50.2 Å². The van der Waals surface area contributed by atoms with E-state index in [4.69, 9.17) is 14.2 Å². The van der Waals surface area contributed by atoms with E-state index >= 15 is 0 Å². The normalized spacial score (nSPS) is 33.7. The van der Waals surface area contributed by atoms with Gasteiger partial charge < -0.3 is 19.3 Å². The van der Waals surface area contributed by atoms with Gasteiger partial charge in [0.2, 0.25) is 5.79 Å². The molecule has 0 aromatic heterocycles. The highest BCUT2D eigenvalue weighted by molar-refractivity contribution is 5.96. The van der Waals surface area contributed by atoms with Gasteiger partial charge in [-0.1, -0.05) is 13.8 Å². The molecule has 0 unspecified atom stereocenters. The van der Waals surface area contributed by atoms with Crippen molar-refractivity contribution >= 4 is 5.97 Å². The standard InChI is InChI=1S/C21H28O5/c1-11-9-13-12(17-16(11)18(23)26-20(4,5)25-17)10-14-19(2,3)15(22)7-8-21(14,6)24-13/h9,14-15,22H,7-8,10H2,1-6H3/t14-,15-,21-/m0/s1. The molecule has 26 heavy (non-hydrogen) atoms. The van der Waals surface area contributed by atoms with Crippen LogP contribution in [0.3, 0.4) is 0 Å². The molecule has 2 aliphatic heterocycles. The number of carbonyl (C=O) groups is 1. The number of aryl methyl sites for hydroxylation is 1. The van der Waals surface area contributed by atoms with Crippen LogP contribution in [0.15, 0.2) is 6.07 Å². The van der Waals surface area contributed by atoms with Crippen LogP contribution in [0.2, 0.25) is 0 Å². The molecule has 0 radical (unpaired) electrons. The van der Waals surface area contributed by atoms with Crippen molar-refractivity contribution < 1.29 is 24.1 Å². The Kier molecular flexibility index (Phi) is 3.50. The van der Waals surface area contributed by atoms with Crippen LogP contribution < -0.4 is 9.47 Å². The Bertz CT molecular complexity index is 794. The summed E-state index contributed by atoms with van der Waals surface area (Å²) in [7, 11) is 0. The Balaban J connectivity index is 1.88. The molecule has 1 aliphatic carbocycles. The molecule has 0 bridgehead atoms. The minimum absolute atomic E-state index is 0.128. The zero-order valence-electron chi connectivity index (χ0n) is 16.4. The van der Waals surface area contributed by atoms with E-state index in [9.17, 15) is 9.90 Å². The third kappa shape index (κ3) is 2.36. The first-order chi connectivity index (χ1) is 11.9. The van der Waals surface area contributed by atoms with Gasteiger partial charge in [0.15, 0.2) is 0 Å². The molecule has 1 fully saturated rings. The van der Waals surface area contributed by atoms with E-state index in [0.717, 1.165) is 29.7 Å². The molecule has 3 atom stereocenters. The Morgan fingerprint density at radius 1 is 1.12 bits per heavy atom. The Hall–Kier alpha value is -1.75. The lowest BCUT2D eigenvalue weighted by Gasteiger charge is -2.55. The van der Waals surface area contributed by atoms with E-state index in [-0.39, 0.29) is 29.0 Å². The fourth-order valence-corrected chi connectivity index (χ4v) is 5.03. The van der Waals surface area contributed by atoms with E-state index in [0.29, 0.717) is 17.7 Å². The highest BCUT2D eigenvalue weighted by Crippen LogP contribution is 2.55. The molecule has 4 rings (SSSR count). The van der Waals surface area contributed by atoms with E-state index < -0.39 is 5.79 Å². The molecule has 142 valence electrons. The first-order valence-electron chi connectivity index (χ1n) is 9.40. The highest BCUT2D eigenvalue weighted by Gasteiger charge is 2.55. The summed E-state index contributed by atoms with van der Waals surface area (Å²) in [6.45, 7) is 11.7. The Morgan fingerprint density at radius 2 is 1.81 bits per heavy atom. The van der Waals surface area contributed by atoms with Gasteiger partial charge in [0.05, 0.1) is 6.10 Å². The second kappa shape index (κ2) is 5.16. The maximum Gasteiger partial charge on any atom is 0.345 e. The van der Waals surface area contributed by atoms with Crippen molar-refractivity contribution in [3.05, 3.63) is 22.8 Å². The number of cyclic esters (lactones) is 1. The summed E-state index contributed by atoms with van der Waals surface area (Å²) in [6, 6.07) is 1.93. The van der Waals surface area contributed by atoms with Crippen molar-refractivity contribution in [2.24, 2.45) is 11.3 Å². The minimum Gasteiger partial charge on any atom is -0.487 e. The number of ether oxygens (including phenoxy) is 3. The number of rotatable bonds is 0. The van der Waals surface area contributed by atoms with E-state index in [1.165, 1.54) is 0 Å². The van der Waals surface area contributed by atoms with Crippen molar-refractivity contribution in [1.29, 1.82) is 0 Å². The number of hydrogen-bond acceptors (Lipinski definition) is 5. The average Bonchev–Trinajstić information content (AvgIpc) is 2.48. The molecule has 5 heteroatoms. The first-order valence-corrected chi connectivity index (χ1v) is 9.40. The number of esters is 1. The van der Waals surface area contributed by atoms with Crippen molar-refractivity contribution in [3.63, 3.8) is 0 Å². The predicted octanol–water partition coefficient (Wildman–Crippen LogP) is 3.77. The monoisotopic (exact) mass is 360 g/mol. The van der Waals surface area contributed by atoms with Crippen LogP contribution in [-0.2, 0) is 11.2 Å². The summed E-state index contributed by atoms with van der Waals surface area (Å²) in [5.41, 5.74) is 1.59. The van der Waals surface area contributed by atoms with Crippen molar-refractivity contribution in [2.75, 3.05) is 0 Å². The maximum atomic E-state index is 12.5. The maximum absolute atomic E-state index is 12.5. The third-order valence-electron chi connectivity index (χ3n) is 6.59. The van der Waals surface area contributed by atoms with Crippen molar-refractivity contribution in [1.82, 2.24) is 0 Å². The summed E-state index contributed by atoms with van der Waals surface area (Å²) in [5, 5.41) is 10.6. The second-order valence-corrected chi connectivity index (χ2v) is 9.31. The van der Waals surface area contributed by atoms with Gasteiger partial charge in [-0.25, -0.2) is 4.79 Å². The molecule has 0 amide bonds. The number of hydrogen-bond donors (Lipinski definition) is 1. The lowest BCUT2D eigenvalue weighted by atomic mass is 9.57. The van der Waals surface area contributed by atoms with Gasteiger partial charge in [0, 0.05) is 25.3 Å². The molecule has 1 N–H and O–H groups in total. The summed E-state index contributed by atoms with van der Waals surface area (Å²) in [6.07, 6.45) is 1.89. The van der Waals surface area contributed by atoms with Gasteiger partial charge in [-0.15, -0.1) is 0 Å². The van der Waals surface area contributed by atoms with Crippen LogP contribution in [0.25, 0.3) is 0 Å². The van der Waals surface area contributed by atoms with E-state index in [2.05, 4.69) is 20.8 Å². The molecular formula is C21H28O5. The minimum atomic E-state index is -1.01. The molecule has 3 aliphatic rings. The van der Waals surface area contributed by atoms with Crippen LogP contribution in [0.4, 0.5) is 0 Å². The second-order valence-electron chi connectivity index (χ2n) is 9.31. The summed E-state index contributed by atoms with van der Waals surface area (Å²) >= 11 is 0. The van der Waals surface area contributed by atoms with Gasteiger partial charge in [0.1, 0.15) is 22.7 Å². The Morgan fingerprint density at radius 3 is 2.50 bits per heavy atom. The smallest absolute Gasteiger partial charge is 0.345 e. The molecule has 0 saturated heterocycles. The van der Waals surface area contributed by atoms with Crippen molar-refractivity contribution in [2.45, 2.75) is 78.3 Å². The van der Waals surface area contributed by atoms with Gasteiger partial charge in [0.25, 0.3) is 0 Å². The summed E-state index contributed by atoms with van der Waals surface area (Å²) in [4.78, 5) is 12.5. The number of carbonyl (C=O) groups excluding carboxylic acids is 1. The lowest BCUT2D eigenvalue weighted by Crippen LogP contribution is -2.58. The van der Waals surface area contributed by atoms with Crippen LogP contribution >= 0.6 is 0 Å². The lowest BCUT2D eigenvalue weighted by molar-refractivity contribution is -0.142. The molecule has 1 aromatic carbocycles. The number of benzene rings is 1. The predicted molar refractivity (Wildman–Crippen MR) is 96.6 cm³/mol. The zero-order chi connectivity index (χ0) is 19.1. The third-order valence-corrected chi connectivity index (χ3v) is 6.59. The first kappa shape index (κ1) is 17.7. The van der Waals surface area contributed by atoms with Crippen LogP contribution in [0, 0.1) is 18.3 Å². The molecule has 2 heterocycles.